The van der Waals surface area contributed by atoms with E-state index in [9.17, 15) is 14.0 Å². The second-order valence-electron chi connectivity index (χ2n) is 7.69. The van der Waals surface area contributed by atoms with Crippen LogP contribution in [-0.4, -0.2) is 26.0 Å². The highest BCUT2D eigenvalue weighted by molar-refractivity contribution is 6.46. The number of nitrogens with zero attached hydrogens (tertiary/aromatic N) is 1. The molecular weight excluding hydrogens is 423 g/mol. The summed E-state index contributed by atoms with van der Waals surface area (Å²) in [6.45, 7) is 3.83. The molecule has 168 valence electrons. The molecule has 0 aromatic heterocycles. The van der Waals surface area contributed by atoms with Gasteiger partial charge in [0.15, 0.2) is 0 Å². The molecule has 0 radical (unpaired) electrons. The molecule has 1 aliphatic rings. The molecule has 0 aliphatic carbocycles. The van der Waals surface area contributed by atoms with Gasteiger partial charge in [-0.3, -0.25) is 9.59 Å². The van der Waals surface area contributed by atoms with E-state index in [4.69, 9.17) is 9.47 Å². The Morgan fingerprint density at radius 3 is 2.33 bits per heavy atom. The summed E-state index contributed by atoms with van der Waals surface area (Å²) in [6, 6.07) is 16.1. The zero-order valence-electron chi connectivity index (χ0n) is 18.7. The molecule has 7 heteroatoms. The molecule has 1 aliphatic heterocycles. The van der Waals surface area contributed by atoms with Gasteiger partial charge >= 0.3 is 0 Å². The molecule has 4 rings (SSSR count). The summed E-state index contributed by atoms with van der Waals surface area (Å²) in [4.78, 5) is 28.1. The van der Waals surface area contributed by atoms with Crippen LogP contribution in [0.4, 0.5) is 15.8 Å². The predicted octanol–water partition coefficient (Wildman–Crippen LogP) is 4.86. The van der Waals surface area contributed by atoms with Crippen LogP contribution < -0.4 is 19.7 Å². The van der Waals surface area contributed by atoms with Crippen molar-refractivity contribution in [1.29, 1.82) is 0 Å². The van der Waals surface area contributed by atoms with Gasteiger partial charge < -0.3 is 14.8 Å². The lowest BCUT2D eigenvalue weighted by molar-refractivity contribution is -0.120. The minimum Gasteiger partial charge on any atom is -0.497 e. The largest absolute Gasteiger partial charge is 0.497 e. The molecule has 1 N–H and O–H groups in total. The lowest BCUT2D eigenvalue weighted by Gasteiger charge is -2.16. The smallest absolute Gasteiger partial charge is 0.282 e. The lowest BCUT2D eigenvalue weighted by Crippen LogP contribution is -2.32. The zero-order chi connectivity index (χ0) is 23.7. The molecular formula is C26H23FN2O4. The van der Waals surface area contributed by atoms with Crippen molar-refractivity contribution in [3.05, 3.63) is 88.9 Å². The van der Waals surface area contributed by atoms with Crippen molar-refractivity contribution in [3.8, 4) is 11.5 Å². The standard InChI is InChI=1S/C26H23FN2O4/c1-15-8-10-20(16(2)12-15)23-24(28-21-14-19(32-3)9-11-22(21)33-4)26(31)29(25(23)30)18-7-5-6-17(27)13-18/h5-14,28H,1-4H3. The van der Waals surface area contributed by atoms with Crippen LogP contribution in [-0.2, 0) is 9.59 Å². The quantitative estimate of drug-likeness (QED) is 0.548. The van der Waals surface area contributed by atoms with Crippen molar-refractivity contribution in [3.63, 3.8) is 0 Å². The number of benzene rings is 3. The maximum absolute atomic E-state index is 13.9. The SMILES string of the molecule is COc1ccc(OC)c(NC2=C(c3ccc(C)cc3C)C(=O)N(c3cccc(F)c3)C2=O)c1. The van der Waals surface area contributed by atoms with E-state index in [0.717, 1.165) is 22.1 Å². The number of aryl methyl sites for hydroxylation is 2. The minimum atomic E-state index is -0.592. The van der Waals surface area contributed by atoms with Crippen molar-refractivity contribution < 1.29 is 23.5 Å². The fourth-order valence-corrected chi connectivity index (χ4v) is 3.89. The molecule has 3 aromatic rings. The number of methoxy groups -OCH3 is 2. The maximum Gasteiger partial charge on any atom is 0.282 e. The number of imide groups is 1. The number of anilines is 2. The maximum atomic E-state index is 13.9. The number of amides is 2. The van der Waals surface area contributed by atoms with Crippen molar-refractivity contribution in [2.45, 2.75) is 13.8 Å². The summed E-state index contributed by atoms with van der Waals surface area (Å²) in [6.07, 6.45) is 0. The first-order valence-electron chi connectivity index (χ1n) is 10.3. The van der Waals surface area contributed by atoms with Gasteiger partial charge in [0, 0.05) is 6.07 Å². The van der Waals surface area contributed by atoms with E-state index in [1.165, 1.54) is 32.4 Å². The highest BCUT2D eigenvalue weighted by Crippen LogP contribution is 2.38. The van der Waals surface area contributed by atoms with Gasteiger partial charge in [-0.05, 0) is 55.3 Å². The van der Waals surface area contributed by atoms with E-state index in [0.29, 0.717) is 22.7 Å². The summed E-state index contributed by atoms with van der Waals surface area (Å²) in [5.41, 5.74) is 3.36. The normalized spacial score (nSPS) is 13.5. The second kappa shape index (κ2) is 8.78. The average molecular weight is 446 g/mol. The molecule has 0 fully saturated rings. The van der Waals surface area contributed by atoms with E-state index in [-0.39, 0.29) is 17.0 Å². The number of ether oxygens (including phenoxy) is 2. The van der Waals surface area contributed by atoms with Crippen molar-refractivity contribution in [2.24, 2.45) is 0 Å². The third-order valence-corrected chi connectivity index (χ3v) is 5.47. The molecule has 33 heavy (non-hydrogen) atoms. The Balaban J connectivity index is 1.89. The van der Waals surface area contributed by atoms with Crippen molar-refractivity contribution in [1.82, 2.24) is 0 Å². The van der Waals surface area contributed by atoms with E-state index in [1.54, 1.807) is 18.2 Å². The fourth-order valence-electron chi connectivity index (χ4n) is 3.89. The van der Waals surface area contributed by atoms with Gasteiger partial charge in [-0.1, -0.05) is 29.8 Å². The number of nitrogens with one attached hydrogen (secondary N) is 1. The molecule has 0 bridgehead atoms. The molecule has 3 aromatic carbocycles. The Bertz CT molecular complexity index is 1300. The molecule has 0 saturated heterocycles. The number of hydrogen-bond donors (Lipinski definition) is 1. The first kappa shape index (κ1) is 22.1. The zero-order valence-corrected chi connectivity index (χ0v) is 18.7. The summed E-state index contributed by atoms with van der Waals surface area (Å²) in [5, 5.41) is 3.09. The molecule has 0 atom stereocenters. The van der Waals surface area contributed by atoms with Gasteiger partial charge in [0.2, 0.25) is 0 Å². The van der Waals surface area contributed by atoms with Gasteiger partial charge in [0.1, 0.15) is 23.0 Å². The van der Waals surface area contributed by atoms with Crippen LogP contribution in [0.2, 0.25) is 0 Å². The van der Waals surface area contributed by atoms with Crippen molar-refractivity contribution in [2.75, 3.05) is 24.4 Å². The third kappa shape index (κ3) is 4.05. The Hall–Kier alpha value is -4.13. The van der Waals surface area contributed by atoms with Crippen LogP contribution in [0, 0.1) is 19.7 Å². The number of carbonyl (C=O) groups excluding carboxylic acids is 2. The van der Waals surface area contributed by atoms with Crippen LogP contribution in [0.25, 0.3) is 5.57 Å². The van der Waals surface area contributed by atoms with Gasteiger partial charge in [0.05, 0.1) is 31.2 Å². The van der Waals surface area contributed by atoms with Crippen LogP contribution >= 0.6 is 0 Å². The van der Waals surface area contributed by atoms with E-state index in [2.05, 4.69) is 5.32 Å². The van der Waals surface area contributed by atoms with Crippen LogP contribution in [0.1, 0.15) is 16.7 Å². The van der Waals surface area contributed by atoms with Crippen LogP contribution in [0.3, 0.4) is 0 Å². The van der Waals surface area contributed by atoms with Gasteiger partial charge in [0.25, 0.3) is 11.8 Å². The highest BCUT2D eigenvalue weighted by Gasteiger charge is 2.41. The highest BCUT2D eigenvalue weighted by atomic mass is 19.1. The number of hydrogen-bond acceptors (Lipinski definition) is 5. The topological polar surface area (TPSA) is 67.9 Å². The van der Waals surface area contributed by atoms with E-state index >= 15 is 0 Å². The third-order valence-electron chi connectivity index (χ3n) is 5.47. The van der Waals surface area contributed by atoms with Gasteiger partial charge in [-0.15, -0.1) is 0 Å². The lowest BCUT2D eigenvalue weighted by atomic mass is 9.97. The number of halogens is 1. The first-order valence-corrected chi connectivity index (χ1v) is 10.3. The van der Waals surface area contributed by atoms with E-state index < -0.39 is 17.6 Å². The first-order chi connectivity index (χ1) is 15.8. The molecule has 6 nitrogen and oxygen atoms in total. The number of rotatable bonds is 6. The minimum absolute atomic E-state index is 0.0720. The Kier molecular flexibility index (Phi) is 5.87. The Labute approximate surface area is 191 Å². The average Bonchev–Trinajstić information content (AvgIpc) is 3.03. The summed E-state index contributed by atoms with van der Waals surface area (Å²) in [7, 11) is 3.04. The van der Waals surface area contributed by atoms with Crippen LogP contribution in [0.5, 0.6) is 11.5 Å². The molecule has 0 unspecified atom stereocenters. The summed E-state index contributed by atoms with van der Waals surface area (Å²) >= 11 is 0. The predicted molar refractivity (Wildman–Crippen MR) is 125 cm³/mol. The fraction of sp³-hybridized carbons (Fsp3) is 0.154. The molecule has 0 saturated carbocycles. The second-order valence-corrected chi connectivity index (χ2v) is 7.69. The van der Waals surface area contributed by atoms with Crippen molar-refractivity contribution >= 4 is 28.8 Å². The van der Waals surface area contributed by atoms with Gasteiger partial charge in [-0.25, -0.2) is 9.29 Å². The summed E-state index contributed by atoms with van der Waals surface area (Å²) < 4.78 is 24.6. The monoisotopic (exact) mass is 446 g/mol. The number of carbonyl (C=O) groups is 2. The molecule has 1 heterocycles. The molecule has 0 spiro atoms. The van der Waals surface area contributed by atoms with Gasteiger partial charge in [-0.2, -0.15) is 0 Å². The Morgan fingerprint density at radius 2 is 1.67 bits per heavy atom. The summed E-state index contributed by atoms with van der Waals surface area (Å²) in [5.74, 6) is -0.664. The van der Waals surface area contributed by atoms with Crippen LogP contribution in [0.15, 0.2) is 66.4 Å². The molecule has 2 amide bonds. The van der Waals surface area contributed by atoms with E-state index in [1.807, 2.05) is 32.0 Å². The Morgan fingerprint density at radius 1 is 0.879 bits per heavy atom.